The van der Waals surface area contributed by atoms with Crippen molar-refractivity contribution >= 4 is 34.4 Å². The van der Waals surface area contributed by atoms with Crippen LogP contribution in [0.3, 0.4) is 0 Å². The number of benzene rings is 2. The molecule has 0 aliphatic heterocycles. The molecule has 3 aromatic rings. The normalized spacial score (nSPS) is 11.4. The van der Waals surface area contributed by atoms with Gasteiger partial charge in [0.1, 0.15) is 3.57 Å². The van der Waals surface area contributed by atoms with Gasteiger partial charge < -0.3 is 14.5 Å². The van der Waals surface area contributed by atoms with E-state index < -0.39 is 11.7 Å². The minimum atomic E-state index is -4.37. The zero-order valence-electron chi connectivity index (χ0n) is 16.5. The number of aromatic amines is 1. The van der Waals surface area contributed by atoms with Gasteiger partial charge in [0.2, 0.25) is 0 Å². The lowest BCUT2D eigenvalue weighted by Gasteiger charge is -2.11. The Kier molecular flexibility index (Phi) is 7.52. The second kappa shape index (κ2) is 9.94. The Labute approximate surface area is 194 Å². The molecule has 2 aromatic carbocycles. The Morgan fingerprint density at radius 1 is 1.03 bits per heavy atom. The molecule has 0 radical (unpaired) electrons. The molecule has 0 spiro atoms. The van der Waals surface area contributed by atoms with E-state index in [1.54, 1.807) is 20.3 Å². The van der Waals surface area contributed by atoms with Crippen molar-refractivity contribution in [3.8, 4) is 11.5 Å². The third kappa shape index (κ3) is 5.94. The van der Waals surface area contributed by atoms with E-state index >= 15 is 0 Å². The third-order valence-electron chi connectivity index (χ3n) is 4.39. The fraction of sp³-hybridized carbons (Fsp3) is 0.238. The van der Waals surface area contributed by atoms with Crippen LogP contribution < -0.4 is 15.0 Å². The first-order valence-electron chi connectivity index (χ1n) is 8.99. The SMILES string of the molecule is COc1ccc(Cc2nc(SCc3ccc(C(F)(F)F)cc3)[nH]c(=O)c2I)cc1OC. The van der Waals surface area contributed by atoms with E-state index in [-0.39, 0.29) is 5.56 Å². The van der Waals surface area contributed by atoms with Gasteiger partial charge in [0.05, 0.1) is 25.5 Å². The lowest BCUT2D eigenvalue weighted by Crippen LogP contribution is -2.16. The van der Waals surface area contributed by atoms with Crippen molar-refractivity contribution < 1.29 is 22.6 Å². The van der Waals surface area contributed by atoms with Crippen LogP contribution in [0.4, 0.5) is 13.2 Å². The number of alkyl halides is 3. The highest BCUT2D eigenvalue weighted by Gasteiger charge is 2.29. The summed E-state index contributed by atoms with van der Waals surface area (Å²) in [5, 5.41) is 0.404. The van der Waals surface area contributed by atoms with Crippen molar-refractivity contribution in [2.24, 2.45) is 0 Å². The predicted octanol–water partition coefficient (Wildman–Crippen LogP) is 5.29. The van der Waals surface area contributed by atoms with Crippen LogP contribution in [-0.2, 0) is 18.3 Å². The largest absolute Gasteiger partial charge is 0.493 e. The molecule has 1 heterocycles. The molecule has 5 nitrogen and oxygen atoms in total. The van der Waals surface area contributed by atoms with Crippen molar-refractivity contribution in [3.05, 3.63) is 78.8 Å². The zero-order valence-corrected chi connectivity index (χ0v) is 19.5. The molecule has 31 heavy (non-hydrogen) atoms. The van der Waals surface area contributed by atoms with Crippen LogP contribution in [0, 0.1) is 3.57 Å². The number of nitrogens with one attached hydrogen (secondary N) is 1. The van der Waals surface area contributed by atoms with E-state index in [2.05, 4.69) is 9.97 Å². The van der Waals surface area contributed by atoms with Crippen LogP contribution in [0.2, 0.25) is 0 Å². The monoisotopic (exact) mass is 562 g/mol. The van der Waals surface area contributed by atoms with Crippen LogP contribution in [-0.4, -0.2) is 24.2 Å². The lowest BCUT2D eigenvalue weighted by atomic mass is 10.1. The average Bonchev–Trinajstić information content (AvgIpc) is 2.75. The highest BCUT2D eigenvalue weighted by Crippen LogP contribution is 2.31. The van der Waals surface area contributed by atoms with Gasteiger partial charge >= 0.3 is 6.18 Å². The summed E-state index contributed by atoms with van der Waals surface area (Å²) in [6, 6.07) is 10.4. The van der Waals surface area contributed by atoms with E-state index in [9.17, 15) is 18.0 Å². The summed E-state index contributed by atoms with van der Waals surface area (Å²) in [4.78, 5) is 19.6. The Morgan fingerprint density at radius 2 is 1.68 bits per heavy atom. The van der Waals surface area contributed by atoms with Crippen LogP contribution in [0.25, 0.3) is 0 Å². The van der Waals surface area contributed by atoms with Crippen LogP contribution in [0.5, 0.6) is 11.5 Å². The number of hydrogen-bond acceptors (Lipinski definition) is 5. The standard InChI is InChI=1S/C21H18F3IN2O3S/c1-29-16-8-5-13(10-17(16)30-2)9-15-18(25)19(28)27-20(26-15)31-11-12-3-6-14(7-4-12)21(22,23)24/h3-8,10H,9,11H2,1-2H3,(H,26,27,28). The molecule has 0 aliphatic carbocycles. The first-order chi connectivity index (χ1) is 14.7. The predicted molar refractivity (Wildman–Crippen MR) is 121 cm³/mol. The van der Waals surface area contributed by atoms with Crippen LogP contribution >= 0.6 is 34.4 Å². The fourth-order valence-electron chi connectivity index (χ4n) is 2.79. The third-order valence-corrected chi connectivity index (χ3v) is 6.44. The highest BCUT2D eigenvalue weighted by atomic mass is 127. The number of H-pyrrole nitrogens is 1. The van der Waals surface area contributed by atoms with E-state index in [1.807, 2.05) is 34.7 Å². The number of halogens is 4. The molecule has 0 amide bonds. The second-order valence-corrected chi connectivity index (χ2v) is 8.52. The van der Waals surface area contributed by atoms with Gasteiger partial charge in [-0.25, -0.2) is 4.98 Å². The van der Waals surface area contributed by atoms with E-state index in [0.29, 0.717) is 43.7 Å². The average molecular weight is 562 g/mol. The van der Waals surface area contributed by atoms with Crippen molar-refractivity contribution in [2.75, 3.05) is 14.2 Å². The van der Waals surface area contributed by atoms with Gasteiger partial charge in [0.15, 0.2) is 16.7 Å². The summed E-state index contributed by atoms with van der Waals surface area (Å²) in [5.74, 6) is 1.56. The minimum absolute atomic E-state index is 0.263. The summed E-state index contributed by atoms with van der Waals surface area (Å²) >= 11 is 3.21. The van der Waals surface area contributed by atoms with Gasteiger partial charge in [-0.1, -0.05) is 30.0 Å². The Balaban J connectivity index is 1.77. The molecule has 3 rings (SSSR count). The van der Waals surface area contributed by atoms with Crippen LogP contribution in [0.1, 0.15) is 22.4 Å². The van der Waals surface area contributed by atoms with Gasteiger partial charge in [-0.2, -0.15) is 13.2 Å². The maximum Gasteiger partial charge on any atom is 0.416 e. The van der Waals surface area contributed by atoms with Crippen molar-refractivity contribution in [1.82, 2.24) is 9.97 Å². The number of rotatable bonds is 7. The summed E-state index contributed by atoms with van der Waals surface area (Å²) in [7, 11) is 3.10. The molecule has 1 aromatic heterocycles. The first kappa shape index (κ1) is 23.5. The number of hydrogen-bond donors (Lipinski definition) is 1. The highest BCUT2D eigenvalue weighted by molar-refractivity contribution is 14.1. The lowest BCUT2D eigenvalue weighted by molar-refractivity contribution is -0.137. The Hall–Kier alpha value is -2.21. The molecule has 10 heteroatoms. The number of nitrogens with zero attached hydrogens (tertiary/aromatic N) is 1. The summed E-state index contributed by atoms with van der Waals surface area (Å²) in [6.07, 6.45) is -3.95. The zero-order chi connectivity index (χ0) is 22.6. The maximum atomic E-state index is 12.7. The molecular formula is C21H18F3IN2O3S. The summed E-state index contributed by atoms with van der Waals surface area (Å²) in [5.41, 5.74) is 1.24. The molecule has 0 saturated carbocycles. The summed E-state index contributed by atoms with van der Waals surface area (Å²) < 4.78 is 49.1. The quantitative estimate of drug-likeness (QED) is 0.241. The van der Waals surface area contributed by atoms with Gasteiger partial charge in [0.25, 0.3) is 5.56 Å². The van der Waals surface area contributed by atoms with E-state index in [1.165, 1.54) is 23.9 Å². The van der Waals surface area contributed by atoms with Gasteiger partial charge in [-0.15, -0.1) is 0 Å². The molecule has 0 fully saturated rings. The number of methoxy groups -OCH3 is 2. The molecule has 1 N–H and O–H groups in total. The smallest absolute Gasteiger partial charge is 0.416 e. The minimum Gasteiger partial charge on any atom is -0.493 e. The molecule has 164 valence electrons. The van der Waals surface area contributed by atoms with Gasteiger partial charge in [0, 0.05) is 12.2 Å². The molecule has 0 saturated heterocycles. The Morgan fingerprint density at radius 3 is 2.29 bits per heavy atom. The van der Waals surface area contributed by atoms with Crippen molar-refractivity contribution in [2.45, 2.75) is 23.5 Å². The summed E-state index contributed by atoms with van der Waals surface area (Å²) in [6.45, 7) is 0. The second-order valence-electron chi connectivity index (χ2n) is 6.48. The van der Waals surface area contributed by atoms with Crippen LogP contribution in [0.15, 0.2) is 52.4 Å². The molecule has 0 atom stereocenters. The number of ether oxygens (including phenoxy) is 2. The first-order valence-corrected chi connectivity index (χ1v) is 11.1. The maximum absolute atomic E-state index is 12.7. The number of thioether (sulfide) groups is 1. The van der Waals surface area contributed by atoms with E-state index in [0.717, 1.165) is 17.7 Å². The molecular weight excluding hydrogens is 544 g/mol. The molecule has 0 aliphatic rings. The van der Waals surface area contributed by atoms with E-state index in [4.69, 9.17) is 9.47 Å². The van der Waals surface area contributed by atoms with Gasteiger partial charge in [-0.3, -0.25) is 4.79 Å². The molecule has 0 bridgehead atoms. The van der Waals surface area contributed by atoms with Gasteiger partial charge in [-0.05, 0) is 58.0 Å². The molecule has 0 unspecified atom stereocenters. The van der Waals surface area contributed by atoms with Crippen molar-refractivity contribution in [3.63, 3.8) is 0 Å². The van der Waals surface area contributed by atoms with Crippen molar-refractivity contribution in [1.29, 1.82) is 0 Å². The Bertz CT molecular complexity index is 1120. The topological polar surface area (TPSA) is 64.2 Å². The fourth-order valence-corrected chi connectivity index (χ4v) is 4.08. The number of aromatic nitrogens is 2.